The quantitative estimate of drug-likeness (QED) is 0.00382. The van der Waals surface area contributed by atoms with Crippen molar-refractivity contribution in [1.82, 2.24) is 55.3 Å². The molecule has 3 saturated heterocycles. The summed E-state index contributed by atoms with van der Waals surface area (Å²) >= 11 is 0. The Kier molecular flexibility index (Phi) is 57.1. The normalized spacial score (nSPS) is 15.1. The van der Waals surface area contributed by atoms with Crippen LogP contribution >= 0.6 is 0 Å². The number of aliphatic imine (C=N–C) groups is 2. The molecule has 1 saturated carbocycles. The third-order valence-electron chi connectivity index (χ3n) is 24.3. The molecular formula is C114H170ClN19O15. The number of hydrogen-bond acceptors (Lipinski definition) is 23. The molecule has 0 bridgehead atoms. The maximum Gasteiger partial charge on any atom is 0.437 e. The first-order valence-electron chi connectivity index (χ1n) is 53.3. The fourth-order valence-electron chi connectivity index (χ4n) is 16.6. The Labute approximate surface area is 889 Å². The van der Waals surface area contributed by atoms with Crippen LogP contribution in [0.1, 0.15) is 392 Å². The zero-order chi connectivity index (χ0) is 109. The number of nitrogens with zero attached hydrogens (tertiary/aromatic N) is 15. The molecule has 4 aromatic heterocycles. The Morgan fingerprint density at radius 1 is 0.483 bits per heavy atom. The summed E-state index contributed by atoms with van der Waals surface area (Å²) in [7, 11) is 1.00. The van der Waals surface area contributed by atoms with Gasteiger partial charge in [0.2, 0.25) is 35.2 Å². The lowest BCUT2D eigenvalue weighted by molar-refractivity contribution is -0.555. The van der Waals surface area contributed by atoms with Crippen LogP contribution in [0.15, 0.2) is 168 Å². The SMILES string of the molecule is CC(C)(C)OC(=O)N1CCC[C@H]1C(=O)O.CC(C)(C)OC(=O)N=C(NC(=O)OC(C)(C)C)n1cccn1.CCCCCCc1ccc(-c2noc(C3CCCC3)n2)cc1.CCCCCCc1ccc(-c2noc([C@@H]3CCCN3C(C)=NC(=O)OC(C)(C)C)n2)cc1.CCCCCCc1ccc(-c2noc([C@@H]3CCC[N+]3=C(N)N)n2)cc1.CCCCCCc1ccc(/C(N)=N/O)cc1.CCCCCCc1ccc(C#N)cc1.CO.[Cl-]. The molecule has 0 unspecified atom stereocenters. The van der Waals surface area contributed by atoms with E-state index >= 15 is 0 Å². The lowest BCUT2D eigenvalue weighted by Gasteiger charge is -2.26. The van der Waals surface area contributed by atoms with Gasteiger partial charge in [-0.25, -0.2) is 28.7 Å². The molecule has 0 spiro atoms. The number of nitrogens with one attached hydrogen (secondary N) is 1. The number of aromatic nitrogens is 8. The lowest BCUT2D eigenvalue weighted by atomic mass is 10.0. The summed E-state index contributed by atoms with van der Waals surface area (Å²) in [6, 6.07) is 44.2. The summed E-state index contributed by atoms with van der Waals surface area (Å²) < 4.78 is 40.4. The van der Waals surface area contributed by atoms with Gasteiger partial charge in [0.15, 0.2) is 11.9 Å². The van der Waals surface area contributed by atoms with Crippen molar-refractivity contribution in [1.29, 1.82) is 5.26 Å². The number of alkyl carbamates (subject to hydrolysis) is 1. The van der Waals surface area contributed by atoms with Crippen molar-refractivity contribution < 1.29 is 88.9 Å². The van der Waals surface area contributed by atoms with E-state index in [1.807, 2.05) is 73.6 Å². The van der Waals surface area contributed by atoms with Crippen LogP contribution < -0.4 is 34.9 Å². The van der Waals surface area contributed by atoms with E-state index in [2.05, 4.69) is 182 Å². The van der Waals surface area contributed by atoms with Crippen LogP contribution in [-0.2, 0) is 55.8 Å². The van der Waals surface area contributed by atoms with Gasteiger partial charge in [0.25, 0.3) is 5.89 Å². The highest BCUT2D eigenvalue weighted by Crippen LogP contribution is 2.37. The number of nitriles is 1. The highest BCUT2D eigenvalue weighted by Gasteiger charge is 2.38. The molecule has 9 aromatic rings. The van der Waals surface area contributed by atoms with Crippen molar-refractivity contribution in [3.8, 4) is 40.2 Å². The number of amides is 4. The molecule has 10 N–H and O–H groups in total. The van der Waals surface area contributed by atoms with Crippen molar-refractivity contribution >= 4 is 53.9 Å². The van der Waals surface area contributed by atoms with Crippen LogP contribution in [0.4, 0.5) is 19.2 Å². The molecule has 4 aliphatic rings. The first kappa shape index (κ1) is 127. The molecule has 149 heavy (non-hydrogen) atoms. The summed E-state index contributed by atoms with van der Waals surface area (Å²) in [6.45, 7) is 36.1. The topological polar surface area (TPSA) is 478 Å². The molecule has 35 heteroatoms. The third kappa shape index (κ3) is 48.5. The molecule has 818 valence electrons. The number of carboxylic acid groups (broad SMARTS) is 1. The van der Waals surface area contributed by atoms with E-state index in [1.54, 1.807) is 68.4 Å². The van der Waals surface area contributed by atoms with Gasteiger partial charge < -0.3 is 71.0 Å². The van der Waals surface area contributed by atoms with E-state index in [0.717, 1.165) is 118 Å². The number of halogens is 1. The second-order valence-electron chi connectivity index (χ2n) is 41.4. The van der Waals surface area contributed by atoms with Crippen LogP contribution in [0.5, 0.6) is 0 Å². The van der Waals surface area contributed by atoms with Gasteiger partial charge in [0.05, 0.1) is 18.2 Å². The van der Waals surface area contributed by atoms with Crippen molar-refractivity contribution in [3.05, 3.63) is 196 Å². The maximum atomic E-state index is 12.1. The van der Waals surface area contributed by atoms with Crippen LogP contribution in [0.25, 0.3) is 34.2 Å². The molecule has 3 atom stereocenters. The number of carboxylic acids is 1. The van der Waals surface area contributed by atoms with Gasteiger partial charge in [-0.1, -0.05) is 274 Å². The molecule has 0 radical (unpaired) electrons. The predicted molar refractivity (Wildman–Crippen MR) is 581 cm³/mol. The van der Waals surface area contributed by atoms with Gasteiger partial charge in [0.1, 0.15) is 40.3 Å². The molecule has 5 aromatic carbocycles. The number of carbonyl (C=O) groups excluding carboxylic acids is 4. The number of nitrogens with two attached hydrogens (primary N) is 3. The van der Waals surface area contributed by atoms with Gasteiger partial charge in [0, 0.05) is 60.8 Å². The number of carbonyl (C=O) groups is 5. The molecule has 7 heterocycles. The van der Waals surface area contributed by atoms with Gasteiger partial charge in [-0.3, -0.25) is 26.3 Å². The molecule has 34 nitrogen and oxygen atoms in total. The summed E-state index contributed by atoms with van der Waals surface area (Å²) in [4.78, 5) is 83.2. The number of benzene rings is 5. The number of aryl methyl sites for hydroxylation is 5. The molecule has 3 aliphatic heterocycles. The fourth-order valence-corrected chi connectivity index (χ4v) is 16.6. The van der Waals surface area contributed by atoms with E-state index in [0.29, 0.717) is 54.1 Å². The van der Waals surface area contributed by atoms with Crippen LogP contribution in [0.2, 0.25) is 0 Å². The minimum Gasteiger partial charge on any atom is -1.00 e. The molecule has 13 rings (SSSR count). The summed E-state index contributed by atoms with van der Waals surface area (Å²) in [5.41, 5.74) is 25.7. The number of oxime groups is 1. The summed E-state index contributed by atoms with van der Waals surface area (Å²) in [5, 5.41) is 54.8. The maximum absolute atomic E-state index is 12.1. The van der Waals surface area contributed by atoms with Crippen molar-refractivity contribution in [2.24, 2.45) is 32.3 Å². The molecule has 1 aliphatic carbocycles. The number of ether oxygens (including phenoxy) is 4. The second-order valence-corrected chi connectivity index (χ2v) is 41.4. The van der Waals surface area contributed by atoms with Crippen molar-refractivity contribution in [2.75, 3.05) is 26.7 Å². The van der Waals surface area contributed by atoms with Crippen molar-refractivity contribution in [2.45, 2.75) is 396 Å². The fraction of sp³-hybridized carbons (Fsp3) is 0.570. The lowest BCUT2D eigenvalue weighted by Crippen LogP contribution is -3.00. The number of rotatable bonds is 33. The smallest absolute Gasteiger partial charge is 0.437 e. The zero-order valence-electron chi connectivity index (χ0n) is 92.0. The second kappa shape index (κ2) is 67.2. The summed E-state index contributed by atoms with van der Waals surface area (Å²) in [6.07, 6.45) is 41.6. The minimum absolute atomic E-state index is 0. The largest absolute Gasteiger partial charge is 1.00 e. The number of aliphatic hydroxyl groups excluding tert-OH is 1. The molecule has 4 fully saturated rings. The Morgan fingerprint density at radius 3 is 1.27 bits per heavy atom. The standard InChI is InChI=1S/C25H36N4O3.C19H27N5O.C19H26N2O.C14H22N4O4.C13H20N2O.C13H17N.C10H17NO4.CH4O.ClH/c1-6-7-8-9-11-19-13-15-20(16-14-19)22-27-23(32-28-22)21-12-10-17-29(21)18(2)26-24(30)31-25(3,4)5;1-2-3-4-5-7-14-9-11-15(12-10-14)17-22-18(25-23-17)16-8-6-13-24(16)19(20)21;1-2-3-4-5-8-15-11-13-16(14-12-15)18-20-19(22-21-18)17-9-6-7-10-17;1-13(2,3)21-11(19)16-10(18-9-7-8-15-18)17-12(20)22-14(4,5)6;1-2-3-4-5-6-11-7-9-12(10-8-11)13(14)15-16;1-2-3-4-5-6-12-7-9-13(11-14)10-8-12;1-10(2,3)15-9(14)11-6-4-5-7(11)8(12)13;1-2;/h13-16,21H,6-12,17H2,1-5H3;9-12,16H,2-8,13H2,1H3,(H3,20,21);11-14,17H,2-10H2,1H3;7-9H,1-6H3,(H,16,17,19,20);7-10,16H,2-6H2,1H3,(H2,14,15);7-10H,2-6H2,1H3;7H,4-6H2,1-3H3,(H,12,13);2H,1H3;1H/t21-;16-;;;;;7-;;/m00....0../s1. The van der Waals surface area contributed by atoms with Gasteiger partial charge >= 0.3 is 36.3 Å². The highest BCUT2D eigenvalue weighted by atomic mass is 35.5. The van der Waals surface area contributed by atoms with E-state index in [9.17, 15) is 24.0 Å². The predicted octanol–water partition coefficient (Wildman–Crippen LogP) is 22.1. The van der Waals surface area contributed by atoms with E-state index in [1.165, 1.54) is 210 Å². The Bertz CT molecular complexity index is 5500. The first-order valence-corrected chi connectivity index (χ1v) is 53.3. The number of aliphatic hydroxyl groups is 1. The van der Waals surface area contributed by atoms with Crippen molar-refractivity contribution in [3.63, 3.8) is 0 Å². The number of aliphatic carboxylic acids is 1. The Balaban J connectivity index is 0.000000309. The Hall–Kier alpha value is -12.9. The van der Waals surface area contributed by atoms with Gasteiger partial charge in [-0.05, 0) is 252 Å². The van der Waals surface area contributed by atoms with Crippen LogP contribution in [-0.4, -0.2) is 179 Å². The molecule has 4 amide bonds. The summed E-state index contributed by atoms with van der Waals surface area (Å²) in [5.74, 6) is 4.42. The van der Waals surface area contributed by atoms with Gasteiger partial charge in [-0.15, -0.1) is 4.99 Å². The van der Waals surface area contributed by atoms with E-state index in [4.69, 9.17) is 70.4 Å². The number of likely N-dealkylation sites (tertiary alicyclic amines) is 2. The third-order valence-corrected chi connectivity index (χ3v) is 24.3. The van der Waals surface area contributed by atoms with Crippen LogP contribution in [0.3, 0.4) is 0 Å². The monoisotopic (exact) mass is 2080 g/mol. The van der Waals surface area contributed by atoms with Gasteiger partial charge in [-0.2, -0.15) is 30.3 Å². The average molecular weight is 2080 g/mol. The number of amidine groups is 2. The number of hydrogen-bond donors (Lipinski definition) is 7. The first-order chi connectivity index (χ1) is 70.7. The molecular weight excluding hydrogens is 1910 g/mol. The zero-order valence-corrected chi connectivity index (χ0v) is 92.8. The highest BCUT2D eigenvalue weighted by molar-refractivity contribution is 6.00. The van der Waals surface area contributed by atoms with E-state index in [-0.39, 0.29) is 36.3 Å². The number of unbranched alkanes of at least 4 members (excludes halogenated alkanes) is 15. The van der Waals surface area contributed by atoms with E-state index < -0.39 is 58.8 Å². The Morgan fingerprint density at radius 2 is 0.872 bits per heavy atom. The average Bonchev–Trinajstić information content (AvgIpc) is 1.67. The van der Waals surface area contributed by atoms with Crippen LogP contribution in [0, 0.1) is 11.3 Å². The number of guanidine groups is 1. The minimum atomic E-state index is -0.960.